The molecule has 0 spiro atoms. The maximum Gasteiger partial charge on any atom is 0.240 e. The fraction of sp³-hybridized carbons (Fsp3) is 0.188. The summed E-state index contributed by atoms with van der Waals surface area (Å²) in [6.07, 6.45) is 0.385. The standard InChI is InChI=1S/C16H18N2O4S/c1-12(19)18-14-6-8-15(9-7-14)23(21,22)17-11-10-13-4-2-3-5-16(13)20/h2-9,17,20H,10-11H2,1H3,(H,18,19). The number of para-hydroxylation sites is 1. The van der Waals surface area contributed by atoms with Crippen LogP contribution < -0.4 is 10.0 Å². The first-order valence-electron chi connectivity index (χ1n) is 7.03. The van der Waals surface area contributed by atoms with Gasteiger partial charge >= 0.3 is 0 Å². The Labute approximate surface area is 135 Å². The number of phenolic OH excluding ortho intramolecular Hbond substituents is 1. The number of sulfonamides is 1. The monoisotopic (exact) mass is 334 g/mol. The Bertz CT molecular complexity index is 786. The van der Waals surface area contributed by atoms with E-state index in [0.717, 1.165) is 0 Å². The number of carbonyl (C=O) groups excluding carboxylic acids is 1. The van der Waals surface area contributed by atoms with Gasteiger partial charge in [-0.25, -0.2) is 13.1 Å². The van der Waals surface area contributed by atoms with Crippen molar-refractivity contribution in [3.8, 4) is 5.75 Å². The Kier molecular flexibility index (Phi) is 5.36. The smallest absolute Gasteiger partial charge is 0.240 e. The number of carbonyl (C=O) groups is 1. The molecule has 2 aromatic rings. The van der Waals surface area contributed by atoms with Gasteiger partial charge in [-0.15, -0.1) is 0 Å². The quantitative estimate of drug-likeness (QED) is 0.751. The van der Waals surface area contributed by atoms with Crippen molar-refractivity contribution in [1.29, 1.82) is 0 Å². The maximum absolute atomic E-state index is 12.2. The van der Waals surface area contributed by atoms with Crippen molar-refractivity contribution in [1.82, 2.24) is 4.72 Å². The van der Waals surface area contributed by atoms with Crippen molar-refractivity contribution in [2.24, 2.45) is 0 Å². The van der Waals surface area contributed by atoms with Crippen molar-refractivity contribution in [3.63, 3.8) is 0 Å². The molecule has 0 saturated carbocycles. The molecule has 23 heavy (non-hydrogen) atoms. The lowest BCUT2D eigenvalue weighted by atomic mass is 10.1. The second kappa shape index (κ2) is 7.26. The van der Waals surface area contributed by atoms with Gasteiger partial charge in [-0.1, -0.05) is 18.2 Å². The lowest BCUT2D eigenvalue weighted by molar-refractivity contribution is -0.114. The number of nitrogens with one attached hydrogen (secondary N) is 2. The van der Waals surface area contributed by atoms with E-state index in [-0.39, 0.29) is 23.1 Å². The summed E-state index contributed by atoms with van der Waals surface area (Å²) in [5, 5.41) is 12.2. The molecule has 0 atom stereocenters. The summed E-state index contributed by atoms with van der Waals surface area (Å²) in [6.45, 7) is 1.55. The van der Waals surface area contributed by atoms with Gasteiger partial charge in [0.15, 0.2) is 0 Å². The minimum Gasteiger partial charge on any atom is -0.508 e. The molecule has 0 aromatic heterocycles. The third kappa shape index (κ3) is 4.80. The van der Waals surface area contributed by atoms with E-state index in [2.05, 4.69) is 10.0 Å². The average molecular weight is 334 g/mol. The minimum absolute atomic E-state index is 0.115. The molecule has 6 nitrogen and oxygen atoms in total. The summed E-state index contributed by atoms with van der Waals surface area (Å²) in [5.74, 6) is -0.0761. The van der Waals surface area contributed by atoms with Crippen LogP contribution in [-0.2, 0) is 21.2 Å². The summed E-state index contributed by atoms with van der Waals surface area (Å²) in [6, 6.07) is 12.7. The first-order valence-corrected chi connectivity index (χ1v) is 8.51. The zero-order valence-electron chi connectivity index (χ0n) is 12.6. The highest BCUT2D eigenvalue weighted by Crippen LogP contribution is 2.17. The van der Waals surface area contributed by atoms with Gasteiger partial charge in [-0.3, -0.25) is 4.79 Å². The van der Waals surface area contributed by atoms with Crippen LogP contribution >= 0.6 is 0 Å². The Balaban J connectivity index is 1.99. The van der Waals surface area contributed by atoms with Crippen LogP contribution in [0.4, 0.5) is 5.69 Å². The molecular weight excluding hydrogens is 316 g/mol. The zero-order chi connectivity index (χ0) is 16.9. The van der Waals surface area contributed by atoms with Crippen LogP contribution in [0.1, 0.15) is 12.5 Å². The van der Waals surface area contributed by atoms with E-state index in [1.807, 2.05) is 0 Å². The van der Waals surface area contributed by atoms with Crippen molar-refractivity contribution in [2.45, 2.75) is 18.2 Å². The Morgan fingerprint density at radius 3 is 2.35 bits per heavy atom. The summed E-state index contributed by atoms with van der Waals surface area (Å²) in [7, 11) is -3.63. The third-order valence-electron chi connectivity index (χ3n) is 3.16. The Morgan fingerprint density at radius 2 is 1.74 bits per heavy atom. The van der Waals surface area contributed by atoms with Gasteiger partial charge in [-0.2, -0.15) is 0 Å². The predicted molar refractivity (Wildman–Crippen MR) is 87.7 cm³/mol. The van der Waals surface area contributed by atoms with E-state index in [0.29, 0.717) is 17.7 Å². The van der Waals surface area contributed by atoms with Crippen LogP contribution in [0.2, 0.25) is 0 Å². The highest BCUT2D eigenvalue weighted by molar-refractivity contribution is 7.89. The number of aromatic hydroxyl groups is 1. The number of hydrogen-bond donors (Lipinski definition) is 3. The first kappa shape index (κ1) is 17.0. The minimum atomic E-state index is -3.63. The van der Waals surface area contributed by atoms with Gasteiger partial charge < -0.3 is 10.4 Å². The zero-order valence-corrected chi connectivity index (χ0v) is 13.4. The molecule has 3 N–H and O–H groups in total. The molecule has 7 heteroatoms. The van der Waals surface area contributed by atoms with Gasteiger partial charge in [0, 0.05) is 19.2 Å². The van der Waals surface area contributed by atoms with E-state index in [9.17, 15) is 18.3 Å². The molecule has 0 bridgehead atoms. The molecule has 2 aromatic carbocycles. The molecule has 0 fully saturated rings. The van der Waals surface area contributed by atoms with Gasteiger partial charge in [0.05, 0.1) is 4.90 Å². The number of benzene rings is 2. The van der Waals surface area contributed by atoms with Crippen molar-refractivity contribution < 1.29 is 18.3 Å². The van der Waals surface area contributed by atoms with E-state index >= 15 is 0 Å². The van der Waals surface area contributed by atoms with E-state index < -0.39 is 10.0 Å². The summed E-state index contributed by atoms with van der Waals surface area (Å²) in [5.41, 5.74) is 1.21. The highest BCUT2D eigenvalue weighted by Gasteiger charge is 2.13. The lowest BCUT2D eigenvalue weighted by Gasteiger charge is -2.09. The number of hydrogen-bond acceptors (Lipinski definition) is 4. The number of phenols is 1. The van der Waals surface area contributed by atoms with Crippen LogP contribution in [-0.4, -0.2) is 26.0 Å². The lowest BCUT2D eigenvalue weighted by Crippen LogP contribution is -2.26. The van der Waals surface area contributed by atoms with Crippen molar-refractivity contribution in [3.05, 3.63) is 54.1 Å². The van der Waals surface area contributed by atoms with Gasteiger partial charge in [0.2, 0.25) is 15.9 Å². The fourth-order valence-electron chi connectivity index (χ4n) is 2.05. The van der Waals surface area contributed by atoms with Crippen LogP contribution in [0.25, 0.3) is 0 Å². The molecule has 0 heterocycles. The molecule has 0 unspecified atom stereocenters. The number of rotatable bonds is 6. The summed E-state index contributed by atoms with van der Waals surface area (Å²) < 4.78 is 26.8. The number of anilines is 1. The maximum atomic E-state index is 12.2. The molecule has 0 radical (unpaired) electrons. The Hall–Kier alpha value is -2.38. The second-order valence-electron chi connectivity index (χ2n) is 4.98. The Morgan fingerprint density at radius 1 is 1.09 bits per heavy atom. The highest BCUT2D eigenvalue weighted by atomic mass is 32.2. The molecule has 0 aliphatic rings. The SMILES string of the molecule is CC(=O)Nc1ccc(S(=O)(=O)NCCc2ccccc2O)cc1. The van der Waals surface area contributed by atoms with Crippen molar-refractivity contribution in [2.75, 3.05) is 11.9 Å². The third-order valence-corrected chi connectivity index (χ3v) is 4.64. The predicted octanol–water partition coefficient (Wildman–Crippen LogP) is 1.87. The average Bonchev–Trinajstić information content (AvgIpc) is 2.49. The van der Waals surface area contributed by atoms with Gasteiger partial charge in [-0.05, 0) is 42.3 Å². The molecule has 1 amide bonds. The molecule has 0 aliphatic heterocycles. The van der Waals surface area contributed by atoms with E-state index in [1.165, 1.54) is 31.2 Å². The molecule has 122 valence electrons. The van der Waals surface area contributed by atoms with Crippen molar-refractivity contribution >= 4 is 21.6 Å². The fourth-order valence-corrected chi connectivity index (χ4v) is 3.08. The topological polar surface area (TPSA) is 95.5 Å². The van der Waals surface area contributed by atoms with Gasteiger partial charge in [0.1, 0.15) is 5.75 Å². The second-order valence-corrected chi connectivity index (χ2v) is 6.75. The van der Waals surface area contributed by atoms with Crippen LogP contribution in [0.3, 0.4) is 0 Å². The van der Waals surface area contributed by atoms with Crippen LogP contribution in [0.15, 0.2) is 53.4 Å². The summed E-state index contributed by atoms with van der Waals surface area (Å²) >= 11 is 0. The molecule has 0 saturated heterocycles. The first-order chi connectivity index (χ1) is 10.9. The van der Waals surface area contributed by atoms with E-state index in [4.69, 9.17) is 0 Å². The normalized spacial score (nSPS) is 11.2. The molecular formula is C16H18N2O4S. The number of amides is 1. The largest absolute Gasteiger partial charge is 0.508 e. The van der Waals surface area contributed by atoms with Gasteiger partial charge in [0.25, 0.3) is 0 Å². The summed E-state index contributed by atoms with van der Waals surface area (Å²) in [4.78, 5) is 11.1. The van der Waals surface area contributed by atoms with Crippen LogP contribution in [0, 0.1) is 0 Å². The van der Waals surface area contributed by atoms with E-state index in [1.54, 1.807) is 24.3 Å². The molecule has 2 rings (SSSR count). The van der Waals surface area contributed by atoms with Crippen LogP contribution in [0.5, 0.6) is 5.75 Å². The molecule has 0 aliphatic carbocycles.